The number of benzene rings is 2. The molecular formula is C56H78N10O8S2. The van der Waals surface area contributed by atoms with Gasteiger partial charge in [-0.15, -0.1) is 23.5 Å². The summed E-state index contributed by atoms with van der Waals surface area (Å²) in [4.78, 5) is 116. The molecule has 8 amide bonds. The summed E-state index contributed by atoms with van der Waals surface area (Å²) in [7, 11) is 3.38. The van der Waals surface area contributed by atoms with E-state index in [1.165, 1.54) is 0 Å². The van der Waals surface area contributed by atoms with Gasteiger partial charge in [0.15, 0.2) is 0 Å². The average Bonchev–Trinajstić information content (AvgIpc) is 4.06. The van der Waals surface area contributed by atoms with Crippen LogP contribution in [0.15, 0.2) is 48.5 Å². The zero-order valence-corrected chi connectivity index (χ0v) is 46.8. The van der Waals surface area contributed by atoms with E-state index in [1.807, 2.05) is 76.2 Å². The molecule has 4 aliphatic heterocycles. The molecule has 2 aromatic carbocycles. The maximum Gasteiger partial charge on any atom is 0.246 e. The van der Waals surface area contributed by atoms with E-state index < -0.39 is 71.0 Å². The highest BCUT2D eigenvalue weighted by Crippen LogP contribution is 2.49. The van der Waals surface area contributed by atoms with Crippen LogP contribution >= 0.6 is 23.5 Å². The molecule has 4 heterocycles. The second-order valence-corrected chi connectivity index (χ2v) is 26.2. The number of nitrogens with one attached hydrogen (secondary N) is 8. The lowest BCUT2D eigenvalue weighted by atomic mass is 9.83. The quantitative estimate of drug-likeness (QED) is 0.136. The third kappa shape index (κ3) is 11.1. The van der Waals surface area contributed by atoms with E-state index in [2.05, 4.69) is 42.5 Å². The normalized spacial score (nSPS) is 32.0. The van der Waals surface area contributed by atoms with E-state index >= 15 is 0 Å². The largest absolute Gasteiger partial charge is 0.353 e. The molecule has 0 bridgehead atoms. The van der Waals surface area contributed by atoms with E-state index in [1.54, 1.807) is 61.3 Å². The van der Waals surface area contributed by atoms with Gasteiger partial charge in [0.1, 0.15) is 24.2 Å². The van der Waals surface area contributed by atoms with Gasteiger partial charge in [-0.05, 0) is 137 Å². The molecule has 1 saturated carbocycles. The van der Waals surface area contributed by atoms with Crippen LogP contribution in [0.2, 0.25) is 0 Å². The predicted molar refractivity (Wildman–Crippen MR) is 292 cm³/mol. The van der Waals surface area contributed by atoms with Crippen molar-refractivity contribution in [1.82, 2.24) is 52.3 Å². The highest BCUT2D eigenvalue weighted by atomic mass is 32.2. The molecule has 18 nitrogen and oxygen atoms in total. The highest BCUT2D eigenvalue weighted by Gasteiger charge is 2.57. The fraction of sp³-hybridized carbons (Fsp3) is 0.643. The summed E-state index contributed by atoms with van der Waals surface area (Å²) in [6.07, 6.45) is 5.53. The lowest BCUT2D eigenvalue weighted by Gasteiger charge is -2.36. The minimum absolute atomic E-state index is 0.152. The van der Waals surface area contributed by atoms with Gasteiger partial charge in [0.25, 0.3) is 0 Å². The first-order chi connectivity index (χ1) is 36.2. The Hall–Kier alpha value is -5.18. The molecule has 7 aliphatic rings. The van der Waals surface area contributed by atoms with Gasteiger partial charge in [-0.25, -0.2) is 0 Å². The van der Waals surface area contributed by atoms with E-state index in [-0.39, 0.29) is 70.1 Å². The molecule has 9 rings (SSSR count). The first kappa shape index (κ1) is 55.6. The van der Waals surface area contributed by atoms with Crippen LogP contribution in [0.1, 0.15) is 127 Å². The van der Waals surface area contributed by atoms with Crippen molar-refractivity contribution < 1.29 is 38.4 Å². The molecule has 76 heavy (non-hydrogen) atoms. The van der Waals surface area contributed by atoms with Gasteiger partial charge >= 0.3 is 0 Å². The lowest BCUT2D eigenvalue weighted by Crippen LogP contribution is -2.58. The fourth-order valence-corrected chi connectivity index (χ4v) is 16.2. The van der Waals surface area contributed by atoms with Crippen LogP contribution < -0.4 is 42.5 Å². The summed E-state index contributed by atoms with van der Waals surface area (Å²) < 4.78 is 0. The topological polar surface area (TPSA) is 239 Å². The maximum absolute atomic E-state index is 14.7. The van der Waals surface area contributed by atoms with Crippen LogP contribution in [0.3, 0.4) is 0 Å². The Bertz CT molecular complexity index is 2420. The molecule has 20 heteroatoms. The number of likely N-dealkylation sites (N-methyl/N-ethyl adjacent to an activating group) is 2. The van der Waals surface area contributed by atoms with Crippen molar-refractivity contribution >= 4 is 70.8 Å². The SMILES string of the molecule is CN[C@@H](C)C(=O)N[C@H]1CCS[C@H]2CC(C)(C)[C@@H](C(=O)N[C@H]3c4ccccc4C[C@H]3C(=O)NC3CCC(NC(=O)[C@@H]4Cc5ccccc5[C@@H]4NC(=O)[C@H]4N5C(=O)[C@@H](NC(=O)[C@H](C)NC)CCS[C@H]5CC4(C)C)CC3)N2C1=O. The number of amides is 8. The van der Waals surface area contributed by atoms with E-state index in [9.17, 15) is 38.4 Å². The number of nitrogens with zero attached hydrogens (tertiary/aromatic N) is 2. The molecule has 412 valence electrons. The van der Waals surface area contributed by atoms with Crippen LogP contribution in [0.25, 0.3) is 0 Å². The van der Waals surface area contributed by atoms with Gasteiger partial charge in [-0.2, -0.15) is 0 Å². The Morgan fingerprint density at radius 3 is 1.26 bits per heavy atom. The van der Waals surface area contributed by atoms with Gasteiger partial charge < -0.3 is 52.3 Å². The number of hydrogen-bond donors (Lipinski definition) is 8. The molecule has 12 atom stereocenters. The lowest BCUT2D eigenvalue weighted by molar-refractivity contribution is -0.144. The molecule has 0 aromatic heterocycles. The Kier molecular flexibility index (Phi) is 16.6. The molecule has 4 saturated heterocycles. The van der Waals surface area contributed by atoms with E-state index in [0.717, 1.165) is 22.3 Å². The first-order valence-electron chi connectivity index (χ1n) is 27.4. The van der Waals surface area contributed by atoms with Crippen LogP contribution in [0, 0.1) is 22.7 Å². The van der Waals surface area contributed by atoms with Crippen LogP contribution in [0.5, 0.6) is 0 Å². The number of rotatable bonds is 14. The second-order valence-electron chi connectivity index (χ2n) is 23.6. The number of fused-ring (bicyclic) bond motifs is 4. The van der Waals surface area contributed by atoms with Crippen LogP contribution in [-0.4, -0.2) is 142 Å². The average molecular weight is 1080 g/mol. The number of carbonyl (C=O) groups excluding carboxylic acids is 8. The Labute approximate surface area is 455 Å². The maximum atomic E-state index is 14.7. The minimum Gasteiger partial charge on any atom is -0.353 e. The summed E-state index contributed by atoms with van der Waals surface area (Å²) in [5, 5.41) is 24.4. The number of carbonyl (C=O) groups is 8. The third-order valence-corrected chi connectivity index (χ3v) is 20.0. The van der Waals surface area contributed by atoms with E-state index in [0.29, 0.717) is 75.7 Å². The van der Waals surface area contributed by atoms with Crippen molar-refractivity contribution in [3.63, 3.8) is 0 Å². The summed E-state index contributed by atoms with van der Waals surface area (Å²) in [5.74, 6) is -1.93. The molecule has 0 radical (unpaired) electrons. The Morgan fingerprint density at radius 2 is 0.895 bits per heavy atom. The van der Waals surface area contributed by atoms with Gasteiger partial charge in [-0.1, -0.05) is 76.2 Å². The molecule has 0 spiro atoms. The van der Waals surface area contributed by atoms with Crippen LogP contribution in [0.4, 0.5) is 0 Å². The summed E-state index contributed by atoms with van der Waals surface area (Å²) in [6.45, 7) is 11.5. The summed E-state index contributed by atoms with van der Waals surface area (Å²) >= 11 is 3.27. The fourth-order valence-electron chi connectivity index (χ4n) is 13.1. The third-order valence-electron chi connectivity index (χ3n) is 17.5. The van der Waals surface area contributed by atoms with Crippen molar-refractivity contribution in [2.24, 2.45) is 22.7 Å². The Balaban J connectivity index is 0.830. The molecule has 5 fully saturated rings. The van der Waals surface area contributed by atoms with Gasteiger partial charge in [-0.3, -0.25) is 38.4 Å². The van der Waals surface area contributed by atoms with Gasteiger partial charge in [0.2, 0.25) is 47.3 Å². The predicted octanol–water partition coefficient (Wildman–Crippen LogP) is 2.96. The second kappa shape index (κ2) is 22.7. The van der Waals surface area contributed by atoms with E-state index in [4.69, 9.17) is 0 Å². The summed E-state index contributed by atoms with van der Waals surface area (Å²) in [5.41, 5.74) is 2.55. The highest BCUT2D eigenvalue weighted by molar-refractivity contribution is 8.00. The zero-order valence-electron chi connectivity index (χ0n) is 45.2. The zero-order chi connectivity index (χ0) is 54.4. The molecule has 0 unspecified atom stereocenters. The minimum atomic E-state index is -0.817. The molecular weight excluding hydrogens is 1000 g/mol. The van der Waals surface area contributed by atoms with Crippen LogP contribution in [-0.2, 0) is 51.2 Å². The number of hydrogen-bond acceptors (Lipinski definition) is 12. The van der Waals surface area contributed by atoms with Gasteiger partial charge in [0.05, 0.1) is 46.8 Å². The van der Waals surface area contributed by atoms with Crippen molar-refractivity contribution in [2.45, 2.75) is 177 Å². The number of thioether (sulfide) groups is 2. The molecule has 8 N–H and O–H groups in total. The summed E-state index contributed by atoms with van der Waals surface area (Å²) in [6, 6.07) is 9.89. The van der Waals surface area contributed by atoms with Crippen molar-refractivity contribution in [3.05, 3.63) is 70.8 Å². The molecule has 3 aliphatic carbocycles. The first-order valence-corrected chi connectivity index (χ1v) is 29.5. The van der Waals surface area contributed by atoms with Crippen molar-refractivity contribution in [3.8, 4) is 0 Å². The van der Waals surface area contributed by atoms with Crippen molar-refractivity contribution in [2.75, 3.05) is 25.6 Å². The Morgan fingerprint density at radius 1 is 0.526 bits per heavy atom. The smallest absolute Gasteiger partial charge is 0.246 e. The van der Waals surface area contributed by atoms with Gasteiger partial charge in [0, 0.05) is 12.1 Å². The standard InChI is InChI=1S/C56H78N10O8S2/c1-29(57-7)47(67)61-39-21-23-75-41-27-55(3,4)45(65(41)53(39)73)51(71)63-43-35-15-11-9-13-31(35)25-37(43)49(69)59-33-17-19-34(20-18-33)60-50(70)38-26-32-14-10-12-16-36(32)44(38)64-52(72)46-56(5,6)28-42-66(46)54(74)40(22-24-76-42)62-48(68)30(2)58-8/h9-16,29-30,33-34,37-46,57-58H,17-28H2,1-8H3,(H,59,69)(H,60,70)(H,61,67)(H,62,68)(H,63,71)(H,64,72)/t29-,30-,33?,34?,37+,38+,39-,40-,41-,42-,43-,44-,45+,46+/m0/s1. The molecule has 2 aromatic rings. The van der Waals surface area contributed by atoms with Crippen molar-refractivity contribution in [1.29, 1.82) is 0 Å². The monoisotopic (exact) mass is 1080 g/mol.